The lowest BCUT2D eigenvalue weighted by atomic mass is 10.1. The Kier molecular flexibility index (Phi) is 3.44. The molecule has 2 heteroatoms. The minimum absolute atomic E-state index is 0.524. The van der Waals surface area contributed by atoms with E-state index in [1.165, 1.54) is 17.0 Å². The van der Waals surface area contributed by atoms with E-state index in [4.69, 9.17) is 9.47 Å². The van der Waals surface area contributed by atoms with Gasteiger partial charge in [-0.05, 0) is 22.9 Å². The number of hydrogen-bond donors (Lipinski definition) is 0. The monoisotopic (exact) mass is 214 g/mol. The van der Waals surface area contributed by atoms with Crippen LogP contribution < -0.4 is 4.74 Å². The van der Waals surface area contributed by atoms with E-state index in [0.717, 1.165) is 5.75 Å². The van der Waals surface area contributed by atoms with Crippen LogP contribution in [0, 0.1) is 0 Å². The van der Waals surface area contributed by atoms with Gasteiger partial charge in [0.15, 0.2) is 0 Å². The predicted molar refractivity (Wildman–Crippen MR) is 65.6 cm³/mol. The van der Waals surface area contributed by atoms with E-state index in [-0.39, 0.29) is 0 Å². The molecule has 0 N–H and O–H groups in total. The number of fused-ring (bicyclic) bond motifs is 1. The zero-order chi connectivity index (χ0) is 11.2. The lowest BCUT2D eigenvalue weighted by Gasteiger charge is -2.06. The molecule has 0 radical (unpaired) electrons. The van der Waals surface area contributed by atoms with E-state index in [0.29, 0.717) is 13.2 Å². The Labute approximate surface area is 95.1 Å². The van der Waals surface area contributed by atoms with Crippen molar-refractivity contribution in [1.29, 1.82) is 0 Å². The van der Waals surface area contributed by atoms with Crippen molar-refractivity contribution in [2.45, 2.75) is 0 Å². The summed E-state index contributed by atoms with van der Waals surface area (Å²) in [5.74, 6) is 0.867. The highest BCUT2D eigenvalue weighted by molar-refractivity contribution is 5.83. The van der Waals surface area contributed by atoms with Crippen LogP contribution in [0.3, 0.4) is 0 Å². The summed E-state index contributed by atoms with van der Waals surface area (Å²) in [5.41, 5.74) is 0. The van der Waals surface area contributed by atoms with E-state index in [1.807, 2.05) is 24.3 Å². The van der Waals surface area contributed by atoms with Crippen LogP contribution in [0.5, 0.6) is 5.75 Å². The molecule has 0 saturated carbocycles. The summed E-state index contributed by atoms with van der Waals surface area (Å²) < 4.78 is 10.5. The van der Waals surface area contributed by atoms with Crippen molar-refractivity contribution in [3.63, 3.8) is 0 Å². The molecule has 0 bridgehead atoms. The van der Waals surface area contributed by atoms with Crippen molar-refractivity contribution < 1.29 is 9.47 Å². The zero-order valence-corrected chi connectivity index (χ0v) is 9.06. The first kappa shape index (κ1) is 10.6. The van der Waals surface area contributed by atoms with Crippen molar-refractivity contribution in [2.24, 2.45) is 0 Å². The second kappa shape index (κ2) is 5.21. The van der Waals surface area contributed by atoms with E-state index in [2.05, 4.69) is 24.8 Å². The molecule has 0 atom stereocenters. The standard InChI is InChI=1S/C14H14O2/c1-2-15-9-10-16-14-8-7-12-5-3-4-6-13(12)11-14/h2-8,11H,1,9-10H2. The Morgan fingerprint density at radius 3 is 2.62 bits per heavy atom. The predicted octanol–water partition coefficient (Wildman–Crippen LogP) is 3.38. The normalized spacial score (nSPS) is 10.0. The van der Waals surface area contributed by atoms with Gasteiger partial charge >= 0.3 is 0 Å². The van der Waals surface area contributed by atoms with Gasteiger partial charge in [0.05, 0.1) is 6.26 Å². The van der Waals surface area contributed by atoms with Crippen LogP contribution >= 0.6 is 0 Å². The fraction of sp³-hybridized carbons (Fsp3) is 0.143. The second-order valence-corrected chi connectivity index (χ2v) is 3.39. The summed E-state index contributed by atoms with van der Waals surface area (Å²) in [7, 11) is 0. The van der Waals surface area contributed by atoms with Gasteiger partial charge in [-0.25, -0.2) is 0 Å². The smallest absolute Gasteiger partial charge is 0.122 e. The molecular weight excluding hydrogens is 200 g/mol. The molecule has 2 nitrogen and oxygen atoms in total. The molecule has 0 heterocycles. The summed E-state index contributed by atoms with van der Waals surface area (Å²) >= 11 is 0. The van der Waals surface area contributed by atoms with Gasteiger partial charge in [-0.2, -0.15) is 0 Å². The second-order valence-electron chi connectivity index (χ2n) is 3.39. The van der Waals surface area contributed by atoms with E-state index < -0.39 is 0 Å². The quantitative estimate of drug-likeness (QED) is 0.561. The summed E-state index contributed by atoms with van der Waals surface area (Å²) in [6.07, 6.45) is 1.42. The van der Waals surface area contributed by atoms with Gasteiger partial charge in [0, 0.05) is 0 Å². The first-order valence-electron chi connectivity index (χ1n) is 5.24. The number of rotatable bonds is 5. The van der Waals surface area contributed by atoms with E-state index >= 15 is 0 Å². The lowest BCUT2D eigenvalue weighted by molar-refractivity contribution is 0.180. The van der Waals surface area contributed by atoms with E-state index in [9.17, 15) is 0 Å². The van der Waals surface area contributed by atoms with Crippen molar-refractivity contribution in [3.8, 4) is 5.75 Å². The Hall–Kier alpha value is -1.96. The Morgan fingerprint density at radius 2 is 1.81 bits per heavy atom. The molecule has 82 valence electrons. The molecule has 0 unspecified atom stereocenters. The maximum Gasteiger partial charge on any atom is 0.122 e. The molecule has 2 aromatic rings. The van der Waals surface area contributed by atoms with Crippen LogP contribution in [0.25, 0.3) is 10.8 Å². The van der Waals surface area contributed by atoms with Gasteiger partial charge in [-0.1, -0.05) is 36.9 Å². The summed E-state index contributed by atoms with van der Waals surface area (Å²) in [6.45, 7) is 4.52. The molecule has 0 saturated heterocycles. The van der Waals surface area contributed by atoms with Crippen LogP contribution in [-0.4, -0.2) is 13.2 Å². The Bertz CT molecular complexity index is 477. The minimum Gasteiger partial charge on any atom is -0.498 e. The largest absolute Gasteiger partial charge is 0.498 e. The molecule has 0 aliphatic carbocycles. The zero-order valence-electron chi connectivity index (χ0n) is 9.06. The Morgan fingerprint density at radius 1 is 1.00 bits per heavy atom. The molecule has 0 aliphatic heterocycles. The molecule has 0 amide bonds. The molecule has 0 aromatic heterocycles. The van der Waals surface area contributed by atoms with Crippen molar-refractivity contribution in [2.75, 3.05) is 13.2 Å². The van der Waals surface area contributed by atoms with Crippen molar-refractivity contribution in [1.82, 2.24) is 0 Å². The van der Waals surface area contributed by atoms with Gasteiger partial charge in [-0.3, -0.25) is 0 Å². The van der Waals surface area contributed by atoms with Crippen LogP contribution in [0.4, 0.5) is 0 Å². The van der Waals surface area contributed by atoms with Crippen LogP contribution in [0.2, 0.25) is 0 Å². The number of ether oxygens (including phenoxy) is 2. The third kappa shape index (κ3) is 2.54. The van der Waals surface area contributed by atoms with Gasteiger partial charge in [0.2, 0.25) is 0 Å². The third-order valence-electron chi connectivity index (χ3n) is 2.31. The summed E-state index contributed by atoms with van der Waals surface area (Å²) in [4.78, 5) is 0. The first-order chi connectivity index (χ1) is 7.90. The summed E-state index contributed by atoms with van der Waals surface area (Å²) in [6, 6.07) is 14.3. The molecule has 16 heavy (non-hydrogen) atoms. The first-order valence-corrected chi connectivity index (χ1v) is 5.24. The molecule has 0 fully saturated rings. The van der Waals surface area contributed by atoms with Gasteiger partial charge < -0.3 is 9.47 Å². The number of hydrogen-bond acceptors (Lipinski definition) is 2. The average Bonchev–Trinajstić information content (AvgIpc) is 2.34. The van der Waals surface area contributed by atoms with Crippen LogP contribution in [-0.2, 0) is 4.74 Å². The lowest BCUT2D eigenvalue weighted by Crippen LogP contribution is -2.03. The molecule has 2 aromatic carbocycles. The van der Waals surface area contributed by atoms with E-state index in [1.54, 1.807) is 0 Å². The fourth-order valence-corrected chi connectivity index (χ4v) is 1.55. The minimum atomic E-state index is 0.524. The molecular formula is C14H14O2. The maximum absolute atomic E-state index is 5.54. The fourth-order valence-electron chi connectivity index (χ4n) is 1.55. The highest BCUT2D eigenvalue weighted by Gasteiger charge is 1.96. The summed E-state index contributed by atoms with van der Waals surface area (Å²) in [5, 5.41) is 2.40. The third-order valence-corrected chi connectivity index (χ3v) is 2.31. The molecule has 0 aliphatic rings. The van der Waals surface area contributed by atoms with Crippen LogP contribution in [0.1, 0.15) is 0 Å². The Balaban J connectivity index is 2.05. The topological polar surface area (TPSA) is 18.5 Å². The highest BCUT2D eigenvalue weighted by atomic mass is 16.5. The van der Waals surface area contributed by atoms with Gasteiger partial charge in [0.25, 0.3) is 0 Å². The van der Waals surface area contributed by atoms with Gasteiger partial charge in [0.1, 0.15) is 19.0 Å². The maximum atomic E-state index is 5.54. The number of benzene rings is 2. The van der Waals surface area contributed by atoms with Crippen molar-refractivity contribution in [3.05, 3.63) is 55.3 Å². The average molecular weight is 214 g/mol. The van der Waals surface area contributed by atoms with Crippen LogP contribution in [0.15, 0.2) is 55.3 Å². The SMILES string of the molecule is C=COCCOc1ccc2ccccc2c1. The van der Waals surface area contributed by atoms with Gasteiger partial charge in [-0.15, -0.1) is 0 Å². The highest BCUT2D eigenvalue weighted by Crippen LogP contribution is 2.20. The molecule has 2 rings (SSSR count). The van der Waals surface area contributed by atoms with Crippen molar-refractivity contribution >= 4 is 10.8 Å². The molecule has 0 spiro atoms.